The van der Waals surface area contributed by atoms with Crippen molar-refractivity contribution in [2.45, 2.75) is 82.9 Å². The molecule has 0 spiro atoms. The Bertz CT molecular complexity index is 1680. The van der Waals surface area contributed by atoms with Crippen LogP contribution in [-0.4, -0.2) is 108 Å². The van der Waals surface area contributed by atoms with Crippen molar-refractivity contribution in [3.8, 4) is 11.6 Å². The lowest BCUT2D eigenvalue weighted by Crippen LogP contribution is -2.46. The standard InChI is InChI=1S/C35H48N6O6S/c1-3-39-19-5-8-30(39)34(43)47-27-15-20-40(21-16-27)33(42)25-10-12-26(13-11-25)37-35-36-18-14-32(38-35)41-22-17-28-29(41)7-4-9-31(28)46-23-6-24-48(2,44)45/h4,7,9,14,17-18,22,25-27,30H,3,5-6,8,10-13,15-16,19-21,23-24H2,1-2H3,(H,36,37,38)/t25?,26?,30-/m1/s1. The maximum absolute atomic E-state index is 13.4. The van der Waals surface area contributed by atoms with Crippen LogP contribution < -0.4 is 10.1 Å². The van der Waals surface area contributed by atoms with Crippen LogP contribution >= 0.6 is 0 Å². The van der Waals surface area contributed by atoms with Crippen LogP contribution in [0.1, 0.15) is 64.7 Å². The number of likely N-dealkylation sites (N-methyl/N-ethyl adjacent to an activating group) is 1. The molecule has 3 fully saturated rings. The predicted molar refractivity (Wildman–Crippen MR) is 184 cm³/mol. The molecule has 0 radical (unpaired) electrons. The van der Waals surface area contributed by atoms with Gasteiger partial charge in [-0.1, -0.05) is 13.0 Å². The van der Waals surface area contributed by atoms with Gasteiger partial charge >= 0.3 is 5.97 Å². The van der Waals surface area contributed by atoms with Crippen LogP contribution in [0.25, 0.3) is 16.7 Å². The van der Waals surface area contributed by atoms with Gasteiger partial charge in [0.15, 0.2) is 0 Å². The highest BCUT2D eigenvalue weighted by Crippen LogP contribution is 2.31. The molecule has 260 valence electrons. The number of fused-ring (bicyclic) bond motifs is 1. The molecule has 1 N–H and O–H groups in total. The van der Waals surface area contributed by atoms with Crippen molar-refractivity contribution in [3.05, 3.63) is 42.7 Å². The van der Waals surface area contributed by atoms with Crippen molar-refractivity contribution in [1.29, 1.82) is 0 Å². The van der Waals surface area contributed by atoms with E-state index in [1.807, 2.05) is 46.0 Å². The van der Waals surface area contributed by atoms with Crippen molar-refractivity contribution >= 4 is 38.6 Å². The number of benzene rings is 1. The van der Waals surface area contributed by atoms with Crippen LogP contribution in [0.15, 0.2) is 42.7 Å². The first kappa shape index (κ1) is 34.2. The summed E-state index contributed by atoms with van der Waals surface area (Å²) in [6.07, 6.45) is 11.9. The third-order valence-electron chi connectivity index (χ3n) is 9.99. The molecule has 3 aliphatic rings. The Balaban J connectivity index is 0.975. The second-order valence-electron chi connectivity index (χ2n) is 13.4. The molecular weight excluding hydrogens is 632 g/mol. The summed E-state index contributed by atoms with van der Waals surface area (Å²) in [5.74, 6) is 2.21. The smallest absolute Gasteiger partial charge is 0.323 e. The average molecular weight is 681 g/mol. The van der Waals surface area contributed by atoms with Gasteiger partial charge in [0.25, 0.3) is 0 Å². The number of ether oxygens (including phenoxy) is 2. The van der Waals surface area contributed by atoms with Crippen LogP contribution in [0.3, 0.4) is 0 Å². The molecule has 4 heterocycles. The fourth-order valence-electron chi connectivity index (χ4n) is 7.36. The van der Waals surface area contributed by atoms with E-state index in [2.05, 4.69) is 22.1 Å². The first-order chi connectivity index (χ1) is 23.2. The highest BCUT2D eigenvalue weighted by atomic mass is 32.2. The maximum Gasteiger partial charge on any atom is 0.323 e. The van der Waals surface area contributed by atoms with Gasteiger partial charge in [0.05, 0.1) is 17.9 Å². The van der Waals surface area contributed by atoms with E-state index < -0.39 is 9.84 Å². The first-order valence-electron chi connectivity index (χ1n) is 17.4. The molecule has 1 amide bonds. The fraction of sp³-hybridized carbons (Fsp3) is 0.600. The third kappa shape index (κ3) is 8.28. The molecule has 12 nitrogen and oxygen atoms in total. The molecule has 0 unspecified atom stereocenters. The Labute approximate surface area is 283 Å². The third-order valence-corrected chi connectivity index (χ3v) is 11.0. The summed E-state index contributed by atoms with van der Waals surface area (Å²) in [5.41, 5.74) is 0.929. The van der Waals surface area contributed by atoms with Crippen molar-refractivity contribution in [1.82, 2.24) is 24.3 Å². The molecule has 1 aliphatic carbocycles. The van der Waals surface area contributed by atoms with Gasteiger partial charge in [0.2, 0.25) is 11.9 Å². The van der Waals surface area contributed by atoms with Crippen molar-refractivity contribution in [2.24, 2.45) is 5.92 Å². The number of amides is 1. The average Bonchev–Trinajstić information content (AvgIpc) is 3.75. The van der Waals surface area contributed by atoms with Crippen LogP contribution in [0.4, 0.5) is 5.95 Å². The maximum atomic E-state index is 13.4. The zero-order valence-corrected chi connectivity index (χ0v) is 28.9. The lowest BCUT2D eigenvalue weighted by molar-refractivity contribution is -0.157. The Morgan fingerprint density at radius 2 is 1.79 bits per heavy atom. The molecule has 2 aromatic heterocycles. The topological polar surface area (TPSA) is 136 Å². The summed E-state index contributed by atoms with van der Waals surface area (Å²) >= 11 is 0. The summed E-state index contributed by atoms with van der Waals surface area (Å²) in [4.78, 5) is 39.6. The second-order valence-corrected chi connectivity index (χ2v) is 15.6. The molecule has 2 aliphatic heterocycles. The molecular formula is C35H48N6O6S. The van der Waals surface area contributed by atoms with E-state index in [9.17, 15) is 18.0 Å². The molecule has 1 atom stereocenters. The summed E-state index contributed by atoms with van der Waals surface area (Å²) in [6, 6.07) is 9.70. The van der Waals surface area contributed by atoms with Crippen molar-refractivity contribution in [3.63, 3.8) is 0 Å². The van der Waals surface area contributed by atoms with E-state index in [-0.39, 0.29) is 41.7 Å². The number of anilines is 1. The number of nitrogens with zero attached hydrogens (tertiary/aromatic N) is 5. The van der Waals surface area contributed by atoms with Crippen LogP contribution in [-0.2, 0) is 24.2 Å². The van der Waals surface area contributed by atoms with Crippen molar-refractivity contribution < 1.29 is 27.5 Å². The number of carbonyl (C=O) groups is 2. The highest BCUT2D eigenvalue weighted by Gasteiger charge is 2.35. The van der Waals surface area contributed by atoms with Crippen molar-refractivity contribution in [2.75, 3.05) is 50.1 Å². The van der Waals surface area contributed by atoms with Gasteiger partial charge in [-0.3, -0.25) is 14.5 Å². The number of hydrogen-bond acceptors (Lipinski definition) is 10. The van der Waals surface area contributed by atoms with E-state index in [1.165, 1.54) is 6.26 Å². The van der Waals surface area contributed by atoms with Gasteiger partial charge in [0.1, 0.15) is 33.6 Å². The lowest BCUT2D eigenvalue weighted by atomic mass is 9.85. The zero-order valence-electron chi connectivity index (χ0n) is 28.1. The number of sulfone groups is 1. The minimum Gasteiger partial charge on any atom is -0.493 e. The number of likely N-dealkylation sites (tertiary alicyclic amines) is 2. The summed E-state index contributed by atoms with van der Waals surface area (Å²) < 4.78 is 36.7. The number of esters is 1. The number of hydrogen-bond donors (Lipinski definition) is 1. The molecule has 3 aromatic rings. The Kier molecular flexibility index (Phi) is 10.8. The predicted octanol–water partition coefficient (Wildman–Crippen LogP) is 4.22. The van der Waals surface area contributed by atoms with E-state index in [1.54, 1.807) is 6.20 Å². The molecule has 48 heavy (non-hydrogen) atoms. The van der Waals surface area contributed by atoms with Gasteiger partial charge in [-0.2, -0.15) is 4.98 Å². The molecule has 0 bridgehead atoms. The first-order valence-corrected chi connectivity index (χ1v) is 19.5. The van der Waals surface area contributed by atoms with E-state index in [0.717, 1.165) is 68.3 Å². The fourth-order valence-corrected chi connectivity index (χ4v) is 8.00. The number of carbonyl (C=O) groups excluding carboxylic acids is 2. The summed E-state index contributed by atoms with van der Waals surface area (Å²) in [7, 11) is -3.02. The van der Waals surface area contributed by atoms with Crippen LogP contribution in [0.5, 0.6) is 5.75 Å². The van der Waals surface area contributed by atoms with E-state index in [4.69, 9.17) is 14.5 Å². The molecule has 1 saturated carbocycles. The van der Waals surface area contributed by atoms with Gasteiger partial charge in [-0.05, 0) is 82.3 Å². The zero-order chi connectivity index (χ0) is 33.7. The van der Waals surface area contributed by atoms with Gasteiger partial charge < -0.3 is 24.3 Å². The quantitative estimate of drug-likeness (QED) is 0.219. The minimum atomic E-state index is -3.02. The highest BCUT2D eigenvalue weighted by molar-refractivity contribution is 7.90. The Hall–Kier alpha value is -3.71. The second kappa shape index (κ2) is 15.2. The molecule has 13 heteroatoms. The molecule has 6 rings (SSSR count). The van der Waals surface area contributed by atoms with Crippen LogP contribution in [0, 0.1) is 5.92 Å². The van der Waals surface area contributed by atoms with Gasteiger partial charge in [-0.25, -0.2) is 13.4 Å². The number of aromatic nitrogens is 3. The van der Waals surface area contributed by atoms with Crippen LogP contribution in [0.2, 0.25) is 0 Å². The Morgan fingerprint density at radius 1 is 1.00 bits per heavy atom. The monoisotopic (exact) mass is 680 g/mol. The largest absolute Gasteiger partial charge is 0.493 e. The van der Waals surface area contributed by atoms with Gasteiger partial charge in [-0.15, -0.1) is 0 Å². The summed E-state index contributed by atoms with van der Waals surface area (Å²) in [5, 5.41) is 4.42. The van der Waals surface area contributed by atoms with Gasteiger partial charge in [0, 0.05) is 61.9 Å². The lowest BCUT2D eigenvalue weighted by Gasteiger charge is -2.36. The van der Waals surface area contributed by atoms with E-state index >= 15 is 0 Å². The summed E-state index contributed by atoms with van der Waals surface area (Å²) in [6.45, 7) is 5.52. The number of rotatable bonds is 12. The van der Waals surface area contributed by atoms with E-state index in [0.29, 0.717) is 50.7 Å². The molecule has 1 aromatic carbocycles. The number of piperidine rings is 1. The Morgan fingerprint density at radius 3 is 2.54 bits per heavy atom. The SMILES string of the molecule is CCN1CCC[C@@H]1C(=O)OC1CCN(C(=O)C2CCC(Nc3nccc(-n4ccc5c(OCCCS(C)(=O)=O)cccc54)n3)CC2)CC1. The number of nitrogens with one attached hydrogen (secondary N) is 1. The normalized spacial score (nSPS) is 22.5. The molecule has 2 saturated heterocycles. The minimum absolute atomic E-state index is 0.0139.